The number of fused-ring (bicyclic) bond motifs is 4. The highest BCUT2D eigenvalue weighted by Crippen LogP contribution is 2.51. The summed E-state index contributed by atoms with van der Waals surface area (Å²) in [5, 5.41) is 0.317. The van der Waals surface area contributed by atoms with Crippen molar-refractivity contribution in [1.29, 1.82) is 0 Å². The van der Waals surface area contributed by atoms with Crippen LogP contribution in [0.4, 0.5) is 0 Å². The molecule has 0 N–H and O–H groups in total. The summed E-state index contributed by atoms with van der Waals surface area (Å²) in [4.78, 5) is 4.89. The summed E-state index contributed by atoms with van der Waals surface area (Å²) in [6.45, 7) is 24.0. The van der Waals surface area contributed by atoms with Crippen LogP contribution in [0.5, 0.6) is 5.88 Å². The Balaban J connectivity index is 2.11. The number of nitrogens with zero attached hydrogens (tertiary/aromatic N) is 1. The van der Waals surface area contributed by atoms with Gasteiger partial charge in [0.15, 0.2) is 16.6 Å². The summed E-state index contributed by atoms with van der Waals surface area (Å²) in [7, 11) is -2.22. The fourth-order valence-electron chi connectivity index (χ4n) is 4.37. The molecule has 180 valence electrons. The Labute approximate surface area is 198 Å². The van der Waals surface area contributed by atoms with Gasteiger partial charge in [-0.05, 0) is 60.6 Å². The van der Waals surface area contributed by atoms with E-state index in [9.17, 15) is 0 Å². The molecule has 2 aliphatic rings. The fourth-order valence-corrected chi connectivity index (χ4v) is 6.79. The average molecular weight is 476 g/mol. The monoisotopic (exact) mass is 475 g/mol. The molecule has 32 heavy (non-hydrogen) atoms. The highest BCUT2D eigenvalue weighted by atomic mass is 28.4. The molecule has 0 aliphatic heterocycles. The topological polar surface area (TPSA) is 40.6 Å². The number of hydrogen-bond acceptors (Lipinski definition) is 4. The Morgan fingerprint density at radius 2 is 1.62 bits per heavy atom. The standard InChI is InChI=1S/C26H45NO3Si2/c1-24(2,3)31(8,9)29-18-26-16-12-13-19(23(26)30-32(10,11)25(4,5)6)17-21-20(26)14-15-22(27-21)28-7/h12,14-16,19,23H,13,17-18H2,1-11H3/t19-,23+,26-/m0/s1. The summed E-state index contributed by atoms with van der Waals surface area (Å²) in [6.07, 6.45) is 6.82. The molecule has 0 amide bonds. The van der Waals surface area contributed by atoms with Gasteiger partial charge in [0, 0.05) is 18.4 Å². The molecule has 3 rings (SSSR count). The molecule has 3 atom stereocenters. The number of aromatic nitrogens is 1. The van der Waals surface area contributed by atoms with Crippen LogP contribution in [-0.4, -0.2) is 41.4 Å². The summed E-state index contributed by atoms with van der Waals surface area (Å²) in [6, 6.07) is 4.21. The van der Waals surface area contributed by atoms with Crippen molar-refractivity contribution in [2.45, 2.75) is 102 Å². The van der Waals surface area contributed by atoms with Gasteiger partial charge in [-0.3, -0.25) is 0 Å². The smallest absolute Gasteiger partial charge is 0.213 e. The first-order valence-corrected chi connectivity index (χ1v) is 17.9. The van der Waals surface area contributed by atoms with Crippen molar-refractivity contribution in [3.8, 4) is 5.88 Å². The number of hydrogen-bond donors (Lipinski definition) is 0. The van der Waals surface area contributed by atoms with Gasteiger partial charge in [-0.2, -0.15) is 0 Å². The fraction of sp³-hybridized carbons (Fsp3) is 0.731. The zero-order chi connectivity index (χ0) is 24.2. The minimum Gasteiger partial charge on any atom is -0.481 e. The molecule has 0 spiro atoms. The zero-order valence-electron chi connectivity index (χ0n) is 22.3. The van der Waals surface area contributed by atoms with Crippen molar-refractivity contribution in [3.05, 3.63) is 35.5 Å². The molecule has 2 bridgehead atoms. The lowest BCUT2D eigenvalue weighted by atomic mass is 9.62. The van der Waals surface area contributed by atoms with Crippen molar-refractivity contribution in [3.63, 3.8) is 0 Å². The Morgan fingerprint density at radius 1 is 1.00 bits per heavy atom. The predicted octanol–water partition coefficient (Wildman–Crippen LogP) is 6.87. The van der Waals surface area contributed by atoms with E-state index in [4.69, 9.17) is 18.6 Å². The number of methoxy groups -OCH3 is 1. The van der Waals surface area contributed by atoms with E-state index in [1.807, 2.05) is 6.07 Å². The second-order valence-corrected chi connectivity index (χ2v) is 22.4. The van der Waals surface area contributed by atoms with Crippen molar-refractivity contribution in [2.75, 3.05) is 13.7 Å². The van der Waals surface area contributed by atoms with E-state index < -0.39 is 16.6 Å². The minimum atomic E-state index is -1.98. The SMILES string of the molecule is COc1ccc2c(n1)C[C@@H]1CC=C[C@@]2(CO[Si](C)(C)C(C)(C)C)[C@@H]1O[Si](C)(C)C(C)(C)C. The van der Waals surface area contributed by atoms with Crippen LogP contribution in [0.15, 0.2) is 24.3 Å². The van der Waals surface area contributed by atoms with Crippen molar-refractivity contribution < 1.29 is 13.6 Å². The maximum absolute atomic E-state index is 7.24. The second-order valence-electron chi connectivity index (χ2n) is 12.8. The van der Waals surface area contributed by atoms with Crippen LogP contribution in [0.25, 0.3) is 0 Å². The quantitative estimate of drug-likeness (QED) is 0.332. The molecule has 1 aromatic heterocycles. The third-order valence-corrected chi connectivity index (χ3v) is 17.5. The van der Waals surface area contributed by atoms with Gasteiger partial charge in [-0.15, -0.1) is 0 Å². The Kier molecular flexibility index (Phi) is 6.71. The number of allylic oxidation sites excluding steroid dienone is 1. The molecule has 0 radical (unpaired) electrons. The molecule has 0 saturated heterocycles. The predicted molar refractivity (Wildman–Crippen MR) is 139 cm³/mol. The van der Waals surface area contributed by atoms with Gasteiger partial charge in [0.2, 0.25) is 5.88 Å². The largest absolute Gasteiger partial charge is 0.481 e. The van der Waals surface area contributed by atoms with E-state index in [0.717, 1.165) is 18.5 Å². The van der Waals surface area contributed by atoms with Crippen LogP contribution in [0.1, 0.15) is 59.2 Å². The van der Waals surface area contributed by atoms with E-state index in [0.29, 0.717) is 18.4 Å². The lowest BCUT2D eigenvalue weighted by Crippen LogP contribution is -2.59. The third kappa shape index (κ3) is 4.53. The number of rotatable bonds is 6. The highest BCUT2D eigenvalue weighted by molar-refractivity contribution is 6.74. The second kappa shape index (κ2) is 8.36. The van der Waals surface area contributed by atoms with Gasteiger partial charge in [-0.25, -0.2) is 4.98 Å². The van der Waals surface area contributed by atoms with Crippen LogP contribution in [0.3, 0.4) is 0 Å². The lowest BCUT2D eigenvalue weighted by molar-refractivity contribution is 0.0162. The van der Waals surface area contributed by atoms with Gasteiger partial charge in [0.25, 0.3) is 0 Å². The number of pyridine rings is 1. The van der Waals surface area contributed by atoms with Crippen molar-refractivity contribution in [2.24, 2.45) is 5.92 Å². The van der Waals surface area contributed by atoms with Crippen LogP contribution in [-0.2, 0) is 20.7 Å². The molecule has 1 heterocycles. The molecule has 0 saturated carbocycles. The van der Waals surface area contributed by atoms with Crippen LogP contribution >= 0.6 is 0 Å². The maximum atomic E-state index is 7.24. The molecule has 2 aliphatic carbocycles. The van der Waals surface area contributed by atoms with Gasteiger partial charge in [-0.1, -0.05) is 59.8 Å². The molecule has 0 unspecified atom stereocenters. The molecular formula is C26H45NO3Si2. The van der Waals surface area contributed by atoms with Crippen molar-refractivity contribution in [1.82, 2.24) is 4.98 Å². The molecule has 0 fully saturated rings. The molecule has 6 heteroatoms. The van der Waals surface area contributed by atoms with E-state index in [1.54, 1.807) is 7.11 Å². The van der Waals surface area contributed by atoms with Crippen LogP contribution < -0.4 is 4.74 Å². The average Bonchev–Trinajstić information content (AvgIpc) is 2.65. The van der Waals surface area contributed by atoms with Gasteiger partial charge < -0.3 is 13.6 Å². The summed E-state index contributed by atoms with van der Waals surface area (Å²) >= 11 is 0. The minimum absolute atomic E-state index is 0.112. The normalized spacial score (nSPS) is 26.1. The van der Waals surface area contributed by atoms with E-state index >= 15 is 0 Å². The first kappa shape index (κ1) is 25.7. The molecular weight excluding hydrogens is 430 g/mol. The lowest BCUT2D eigenvalue weighted by Gasteiger charge is -2.54. The highest BCUT2D eigenvalue weighted by Gasteiger charge is 2.54. The maximum Gasteiger partial charge on any atom is 0.213 e. The Morgan fingerprint density at radius 3 is 2.19 bits per heavy atom. The first-order chi connectivity index (χ1) is 14.5. The Hall–Kier alpha value is -0.956. The molecule has 0 aromatic carbocycles. The number of ether oxygens (including phenoxy) is 1. The molecule has 4 nitrogen and oxygen atoms in total. The van der Waals surface area contributed by atoms with Crippen LogP contribution in [0, 0.1) is 5.92 Å². The summed E-state index contributed by atoms with van der Waals surface area (Å²) in [5.41, 5.74) is 2.10. The third-order valence-electron chi connectivity index (χ3n) is 8.61. The Bertz CT molecular complexity index is 867. The summed E-state index contributed by atoms with van der Waals surface area (Å²) < 4.78 is 19.6. The van der Waals surface area contributed by atoms with Crippen molar-refractivity contribution >= 4 is 16.6 Å². The van der Waals surface area contributed by atoms with Gasteiger partial charge in [0.1, 0.15) is 0 Å². The van der Waals surface area contributed by atoms with E-state index in [-0.39, 0.29) is 21.6 Å². The van der Waals surface area contributed by atoms with E-state index in [2.05, 4.69) is 85.9 Å². The van der Waals surface area contributed by atoms with Gasteiger partial charge in [0.05, 0.1) is 18.6 Å². The summed E-state index contributed by atoms with van der Waals surface area (Å²) in [5.74, 6) is 1.10. The molecule has 1 aromatic rings. The zero-order valence-corrected chi connectivity index (χ0v) is 24.3. The van der Waals surface area contributed by atoms with Gasteiger partial charge >= 0.3 is 0 Å². The van der Waals surface area contributed by atoms with Crippen LogP contribution in [0.2, 0.25) is 36.3 Å². The van der Waals surface area contributed by atoms with E-state index in [1.165, 1.54) is 5.56 Å². The first-order valence-electron chi connectivity index (χ1n) is 12.1.